The molecule has 0 amide bonds. The Bertz CT molecular complexity index is 1040. The minimum atomic E-state index is 0.0989. The summed E-state index contributed by atoms with van der Waals surface area (Å²) >= 11 is 0. The van der Waals surface area contributed by atoms with Gasteiger partial charge in [0, 0.05) is 0 Å². The molecule has 2 rings (SSSR count). The molecule has 0 heterocycles. The quantitative estimate of drug-likeness (QED) is 0.327. The van der Waals surface area contributed by atoms with Crippen molar-refractivity contribution in [2.24, 2.45) is 9.98 Å². The summed E-state index contributed by atoms with van der Waals surface area (Å²) in [7, 11) is 0. The first-order valence-corrected chi connectivity index (χ1v) is 14.7. The van der Waals surface area contributed by atoms with Crippen molar-refractivity contribution in [2.75, 3.05) is 0 Å². The van der Waals surface area contributed by atoms with Gasteiger partial charge < -0.3 is 0 Å². The largest absolute Gasteiger partial charge is 0.251 e. The highest BCUT2D eigenvalue weighted by Gasteiger charge is 2.23. The van der Waals surface area contributed by atoms with Crippen molar-refractivity contribution in [3.05, 3.63) is 57.6 Å². The summed E-state index contributed by atoms with van der Waals surface area (Å²) in [6.45, 7) is 36.3. The molecule has 2 heteroatoms. The van der Waals surface area contributed by atoms with Crippen molar-refractivity contribution < 1.29 is 0 Å². The van der Waals surface area contributed by atoms with Crippen LogP contribution in [0.5, 0.6) is 0 Å². The summed E-state index contributed by atoms with van der Waals surface area (Å²) in [4.78, 5) is 10.6. The van der Waals surface area contributed by atoms with Crippen LogP contribution in [0.4, 0.5) is 11.4 Å². The highest BCUT2D eigenvalue weighted by molar-refractivity contribution is 6.41. The average molecular weight is 517 g/mol. The van der Waals surface area contributed by atoms with E-state index in [-0.39, 0.29) is 10.8 Å². The molecule has 2 aromatic rings. The third-order valence-electron chi connectivity index (χ3n) is 7.64. The predicted molar refractivity (Wildman–Crippen MR) is 172 cm³/mol. The molecule has 0 saturated heterocycles. The van der Waals surface area contributed by atoms with Crippen molar-refractivity contribution in [2.45, 2.75) is 145 Å². The van der Waals surface area contributed by atoms with Gasteiger partial charge in [0.2, 0.25) is 0 Å². The zero-order chi connectivity index (χ0) is 29.3. The minimum absolute atomic E-state index is 0.0989. The van der Waals surface area contributed by atoms with Gasteiger partial charge in [0.1, 0.15) is 0 Å². The molecule has 0 fully saturated rings. The molecule has 38 heavy (non-hydrogen) atoms. The molecule has 2 aromatic carbocycles. The maximum atomic E-state index is 5.31. The van der Waals surface area contributed by atoms with Gasteiger partial charge in [0.15, 0.2) is 0 Å². The second kappa shape index (κ2) is 11.9. The molecule has 210 valence electrons. The molecule has 0 saturated carbocycles. The van der Waals surface area contributed by atoms with E-state index < -0.39 is 0 Å². The van der Waals surface area contributed by atoms with Gasteiger partial charge in [-0.25, -0.2) is 0 Å². The molecule has 0 atom stereocenters. The zero-order valence-corrected chi connectivity index (χ0v) is 27.5. The van der Waals surface area contributed by atoms with Gasteiger partial charge >= 0.3 is 0 Å². The minimum Gasteiger partial charge on any atom is -0.251 e. The van der Waals surface area contributed by atoms with E-state index in [9.17, 15) is 0 Å². The standard InChI is InChI=1S/C36H56N2/c1-21(2)29-17-27(35(11,12)13)18-30(22(3)4)33(29)37-25(9)26(10)38-34-31(23(5)6)19-28(36(14,15)16)20-32(34)24(7)8/h17-24H,1-16H3. The van der Waals surface area contributed by atoms with Crippen LogP contribution >= 0.6 is 0 Å². The average Bonchev–Trinajstić information content (AvgIpc) is 2.76. The van der Waals surface area contributed by atoms with Crippen molar-refractivity contribution >= 4 is 22.8 Å². The molecule has 0 aliphatic rings. The topological polar surface area (TPSA) is 24.7 Å². The van der Waals surface area contributed by atoms with E-state index in [0.29, 0.717) is 23.7 Å². The van der Waals surface area contributed by atoms with E-state index in [0.717, 1.165) is 22.8 Å². The van der Waals surface area contributed by atoms with Gasteiger partial charge in [0.05, 0.1) is 22.8 Å². The Labute approximate surface area is 235 Å². The summed E-state index contributed by atoms with van der Waals surface area (Å²) in [6, 6.07) is 9.53. The molecular formula is C36H56N2. The van der Waals surface area contributed by atoms with E-state index in [2.05, 4.69) is 135 Å². The highest BCUT2D eigenvalue weighted by Crippen LogP contribution is 2.41. The van der Waals surface area contributed by atoms with Gasteiger partial charge in [0.25, 0.3) is 0 Å². The van der Waals surface area contributed by atoms with Crippen LogP contribution in [0.2, 0.25) is 0 Å². The van der Waals surface area contributed by atoms with Crippen molar-refractivity contribution in [3.63, 3.8) is 0 Å². The fourth-order valence-corrected chi connectivity index (χ4v) is 4.74. The number of hydrogen-bond donors (Lipinski definition) is 0. The first-order valence-electron chi connectivity index (χ1n) is 14.7. The smallest absolute Gasteiger partial charge is 0.0702 e. The van der Waals surface area contributed by atoms with Crippen molar-refractivity contribution in [3.8, 4) is 0 Å². The van der Waals surface area contributed by atoms with Crippen LogP contribution in [0.15, 0.2) is 34.3 Å². The summed E-state index contributed by atoms with van der Waals surface area (Å²) in [5, 5.41) is 0. The van der Waals surface area contributed by atoms with Gasteiger partial charge in [-0.3, -0.25) is 9.98 Å². The maximum absolute atomic E-state index is 5.31. The SMILES string of the molecule is CC(=Nc1c(C(C)C)cc(C(C)(C)C)cc1C(C)C)C(C)=Nc1c(C(C)C)cc(C(C)(C)C)cc1C(C)C. The molecule has 0 N–H and O–H groups in total. The summed E-state index contributed by atoms with van der Waals surface area (Å²) in [5.41, 5.74) is 12.5. The Balaban J connectivity index is 2.81. The van der Waals surface area contributed by atoms with Crippen LogP contribution in [0.3, 0.4) is 0 Å². The fraction of sp³-hybridized carbons (Fsp3) is 0.611. The summed E-state index contributed by atoms with van der Waals surface area (Å²) in [5.74, 6) is 1.57. The Kier molecular flexibility index (Phi) is 10.0. The van der Waals surface area contributed by atoms with E-state index >= 15 is 0 Å². The molecule has 0 radical (unpaired) electrons. The lowest BCUT2D eigenvalue weighted by atomic mass is 9.81. The van der Waals surface area contributed by atoms with Crippen LogP contribution in [0, 0.1) is 0 Å². The predicted octanol–water partition coefficient (Wildman–Crippen LogP) is 11.7. The Hall–Kier alpha value is -2.22. The van der Waals surface area contributed by atoms with E-state index in [1.165, 1.54) is 33.4 Å². The zero-order valence-electron chi connectivity index (χ0n) is 27.5. The third kappa shape index (κ3) is 7.45. The van der Waals surface area contributed by atoms with E-state index in [1.807, 2.05) is 0 Å². The van der Waals surface area contributed by atoms with Crippen LogP contribution < -0.4 is 0 Å². The fourth-order valence-electron chi connectivity index (χ4n) is 4.74. The molecule has 0 spiro atoms. The summed E-state index contributed by atoms with van der Waals surface area (Å²) in [6.07, 6.45) is 0. The highest BCUT2D eigenvalue weighted by atomic mass is 14.8. The molecule has 0 bridgehead atoms. The van der Waals surface area contributed by atoms with Gasteiger partial charge in [-0.05, 0) is 81.7 Å². The molecule has 0 aliphatic carbocycles. The Morgan fingerprint density at radius 3 is 0.842 bits per heavy atom. The lowest BCUT2D eigenvalue weighted by Gasteiger charge is -2.26. The van der Waals surface area contributed by atoms with Crippen LogP contribution in [0.1, 0.15) is 168 Å². The maximum Gasteiger partial charge on any atom is 0.0702 e. The first kappa shape index (κ1) is 32.0. The number of benzene rings is 2. The lowest BCUT2D eigenvalue weighted by Crippen LogP contribution is -2.14. The van der Waals surface area contributed by atoms with Gasteiger partial charge in [-0.1, -0.05) is 121 Å². The monoisotopic (exact) mass is 516 g/mol. The number of nitrogens with zero attached hydrogens (tertiary/aromatic N) is 2. The van der Waals surface area contributed by atoms with Gasteiger partial charge in [-0.15, -0.1) is 0 Å². The molecular weight excluding hydrogens is 460 g/mol. The normalized spacial score (nSPS) is 14.0. The first-order chi connectivity index (χ1) is 17.2. The Morgan fingerprint density at radius 2 is 0.684 bits per heavy atom. The second-order valence-corrected chi connectivity index (χ2v) is 14.5. The molecule has 0 aliphatic heterocycles. The molecule has 0 aromatic heterocycles. The van der Waals surface area contributed by atoms with E-state index in [4.69, 9.17) is 9.98 Å². The van der Waals surface area contributed by atoms with Crippen molar-refractivity contribution in [1.82, 2.24) is 0 Å². The van der Waals surface area contributed by atoms with Crippen molar-refractivity contribution in [1.29, 1.82) is 0 Å². The third-order valence-corrected chi connectivity index (χ3v) is 7.64. The second-order valence-electron chi connectivity index (χ2n) is 14.5. The summed E-state index contributed by atoms with van der Waals surface area (Å²) < 4.78 is 0. The van der Waals surface area contributed by atoms with Crippen LogP contribution in [0.25, 0.3) is 0 Å². The van der Waals surface area contributed by atoms with E-state index in [1.54, 1.807) is 0 Å². The number of hydrogen-bond acceptors (Lipinski definition) is 2. The Morgan fingerprint density at radius 1 is 0.474 bits per heavy atom. The number of rotatable bonds is 7. The number of aliphatic imine (C=N–C) groups is 2. The molecule has 2 nitrogen and oxygen atoms in total. The van der Waals surface area contributed by atoms with Gasteiger partial charge in [-0.2, -0.15) is 0 Å². The van der Waals surface area contributed by atoms with Crippen LogP contribution in [-0.2, 0) is 10.8 Å². The lowest BCUT2D eigenvalue weighted by molar-refractivity contribution is 0.586. The van der Waals surface area contributed by atoms with Crippen LogP contribution in [-0.4, -0.2) is 11.4 Å². The molecule has 0 unspecified atom stereocenters.